The third-order valence-electron chi connectivity index (χ3n) is 5.75. The number of para-hydroxylation sites is 4. The molecule has 0 spiro atoms. The predicted molar refractivity (Wildman–Crippen MR) is 135 cm³/mol. The van der Waals surface area contributed by atoms with E-state index in [1.165, 1.54) is 21.5 Å². The second-order valence-electron chi connectivity index (χ2n) is 8.10. The molecule has 0 aliphatic carbocycles. The fourth-order valence-electron chi connectivity index (χ4n) is 4.09. The first-order valence-corrected chi connectivity index (χ1v) is 11.3. The minimum absolute atomic E-state index is 0. The molecule has 6 rings (SSSR count). The maximum atomic E-state index is 11.8. The summed E-state index contributed by atoms with van der Waals surface area (Å²) >= 11 is 0. The van der Waals surface area contributed by atoms with Gasteiger partial charge in [-0.25, -0.2) is 19.0 Å². The van der Waals surface area contributed by atoms with Crippen LogP contribution in [0.1, 0.15) is 21.0 Å². The summed E-state index contributed by atoms with van der Waals surface area (Å²) in [4.78, 5) is 22.8. The van der Waals surface area contributed by atoms with Gasteiger partial charge < -0.3 is 20.4 Å². The summed E-state index contributed by atoms with van der Waals surface area (Å²) in [5, 5.41) is 51.7. The van der Waals surface area contributed by atoms with Crippen LogP contribution >= 0.6 is 0 Å². The first-order valence-electron chi connectivity index (χ1n) is 11.3. The molecule has 2 N–H and O–H groups in total. The van der Waals surface area contributed by atoms with Crippen LogP contribution < -0.4 is 10.2 Å². The van der Waals surface area contributed by atoms with Gasteiger partial charge in [-0.3, -0.25) is 0 Å². The van der Waals surface area contributed by atoms with Gasteiger partial charge in [0.05, 0.1) is 22.4 Å². The summed E-state index contributed by atoms with van der Waals surface area (Å²) in [6.45, 7) is 0. The first-order chi connectivity index (χ1) is 18.4. The summed E-state index contributed by atoms with van der Waals surface area (Å²) in [6, 6.07) is 26.2. The molecule has 4 aromatic carbocycles. The van der Waals surface area contributed by atoms with Crippen LogP contribution in [0.25, 0.3) is 33.2 Å². The molecule has 39 heavy (non-hydrogen) atoms. The van der Waals surface area contributed by atoms with Crippen molar-refractivity contribution in [2.24, 2.45) is 0 Å². The number of carboxylic acid groups (broad SMARTS) is 2. The van der Waals surface area contributed by atoms with E-state index >= 15 is 0 Å². The zero-order chi connectivity index (χ0) is 26.8. The molecule has 2 aromatic heterocycles. The van der Waals surface area contributed by atoms with Crippen molar-refractivity contribution in [2.75, 3.05) is 0 Å². The summed E-state index contributed by atoms with van der Waals surface area (Å²) in [7, 11) is 0. The van der Waals surface area contributed by atoms with Gasteiger partial charge in [0.15, 0.2) is 11.4 Å². The number of aromatic carboxylic acids is 2. The Morgan fingerprint density at radius 1 is 0.564 bits per heavy atom. The zero-order valence-electron chi connectivity index (χ0n) is 20.3. The summed E-state index contributed by atoms with van der Waals surface area (Å²) in [5.41, 5.74) is 1.55. The van der Waals surface area contributed by atoms with Gasteiger partial charge in [-0.1, -0.05) is 84.3 Å². The number of nitrogens with zero attached hydrogens (tertiary/aromatic N) is 4. The van der Waals surface area contributed by atoms with E-state index in [-0.39, 0.29) is 53.7 Å². The fraction of sp³-hybridized carbons (Fsp3) is 0. The van der Waals surface area contributed by atoms with E-state index in [0.717, 1.165) is 0 Å². The van der Waals surface area contributed by atoms with Gasteiger partial charge in [-0.05, 0) is 24.3 Å². The van der Waals surface area contributed by atoms with E-state index in [2.05, 4.69) is 10.2 Å². The Bertz CT molecular complexity index is 1690. The van der Waals surface area contributed by atoms with Gasteiger partial charge in [0.1, 0.15) is 0 Å². The Morgan fingerprint density at radius 3 is 1.26 bits per heavy atom. The van der Waals surface area contributed by atoms with Crippen LogP contribution in [0.4, 0.5) is 0 Å². The number of hydrogen-bond donors (Lipinski definition) is 2. The molecule has 0 atom stereocenters. The van der Waals surface area contributed by atoms with Crippen LogP contribution in [0.2, 0.25) is 0 Å². The van der Waals surface area contributed by atoms with E-state index in [1.807, 2.05) is 0 Å². The smallest absolute Gasteiger partial charge is 0.871 e. The SMILES string of the molecule is O=C(O)c1c2ccccc2nn1-c1ccccc1[O-].O=C(O)c1c2ccccc2nn1-c1ccccc1[O-].[Zn+2]. The van der Waals surface area contributed by atoms with Crippen molar-refractivity contribution < 1.29 is 49.5 Å². The summed E-state index contributed by atoms with van der Waals surface area (Å²) < 4.78 is 2.38. The maximum absolute atomic E-state index is 11.8. The number of hydrogen-bond acceptors (Lipinski definition) is 6. The number of rotatable bonds is 4. The predicted octanol–water partition coefficient (Wildman–Crippen LogP) is 3.59. The van der Waals surface area contributed by atoms with Crippen molar-refractivity contribution in [1.82, 2.24) is 19.6 Å². The standard InChI is InChI=1S/2C14H10N2O3.Zn/c2*17-12-8-4-3-7-11(12)16-13(14(18)19)9-5-1-2-6-10(9)15-16;/h2*1-8,17H,(H,18,19);/q;;+2/p-2. The Hall–Kier alpha value is -5.02. The number of carboxylic acids is 2. The molecular formula is C28H18N4O6Zn. The second kappa shape index (κ2) is 11.2. The molecule has 0 fully saturated rings. The molecule has 0 aliphatic heterocycles. The van der Waals surface area contributed by atoms with Crippen molar-refractivity contribution in [3.63, 3.8) is 0 Å². The van der Waals surface area contributed by atoms with E-state index in [0.29, 0.717) is 21.8 Å². The molecular weight excluding hydrogens is 554 g/mol. The van der Waals surface area contributed by atoms with Crippen LogP contribution in [-0.4, -0.2) is 41.7 Å². The van der Waals surface area contributed by atoms with Crippen LogP contribution in [0, 0.1) is 0 Å². The van der Waals surface area contributed by atoms with Crippen molar-refractivity contribution in [1.29, 1.82) is 0 Å². The molecule has 0 radical (unpaired) electrons. The summed E-state index contributed by atoms with van der Waals surface area (Å²) in [6.07, 6.45) is 0. The monoisotopic (exact) mass is 570 g/mol. The molecule has 0 saturated heterocycles. The van der Waals surface area contributed by atoms with Gasteiger partial charge in [-0.2, -0.15) is 10.2 Å². The van der Waals surface area contributed by atoms with E-state index < -0.39 is 11.9 Å². The Balaban J connectivity index is 0.000000176. The number of fused-ring (bicyclic) bond motifs is 2. The Labute approximate surface area is 233 Å². The molecule has 0 amide bonds. The van der Waals surface area contributed by atoms with Gasteiger partial charge >= 0.3 is 31.4 Å². The van der Waals surface area contributed by atoms with Crippen molar-refractivity contribution in [3.8, 4) is 22.9 Å². The second-order valence-corrected chi connectivity index (χ2v) is 8.10. The first kappa shape index (κ1) is 27.0. The Kier molecular flexibility index (Phi) is 7.73. The zero-order valence-corrected chi connectivity index (χ0v) is 23.2. The fourth-order valence-corrected chi connectivity index (χ4v) is 4.09. The average molecular weight is 572 g/mol. The van der Waals surface area contributed by atoms with E-state index in [9.17, 15) is 30.0 Å². The maximum Gasteiger partial charge on any atom is 2.00 e. The molecule has 2 heterocycles. The molecule has 188 valence electrons. The van der Waals surface area contributed by atoms with Gasteiger partial charge in [0, 0.05) is 10.8 Å². The van der Waals surface area contributed by atoms with Crippen LogP contribution in [0.15, 0.2) is 97.1 Å². The number of carbonyl (C=O) groups is 2. The van der Waals surface area contributed by atoms with E-state index in [1.54, 1.807) is 84.9 Å². The minimum Gasteiger partial charge on any atom is -0.871 e. The largest absolute Gasteiger partial charge is 2.00 e. The molecule has 0 unspecified atom stereocenters. The number of aromatic nitrogens is 4. The minimum atomic E-state index is -1.11. The molecule has 10 nitrogen and oxygen atoms in total. The van der Waals surface area contributed by atoms with Gasteiger partial charge in [0.2, 0.25) is 0 Å². The van der Waals surface area contributed by atoms with Crippen LogP contribution in [0.5, 0.6) is 11.5 Å². The number of benzene rings is 4. The summed E-state index contributed by atoms with van der Waals surface area (Å²) in [5.74, 6) is -2.76. The van der Waals surface area contributed by atoms with Gasteiger partial charge in [-0.15, -0.1) is 0 Å². The third kappa shape index (κ3) is 5.08. The third-order valence-corrected chi connectivity index (χ3v) is 5.75. The van der Waals surface area contributed by atoms with E-state index in [4.69, 9.17) is 0 Å². The quantitative estimate of drug-likeness (QED) is 0.304. The van der Waals surface area contributed by atoms with Crippen molar-refractivity contribution in [2.45, 2.75) is 0 Å². The van der Waals surface area contributed by atoms with Crippen LogP contribution in [0.3, 0.4) is 0 Å². The molecule has 6 aromatic rings. The topological polar surface area (TPSA) is 156 Å². The van der Waals surface area contributed by atoms with Crippen molar-refractivity contribution in [3.05, 3.63) is 108 Å². The molecule has 11 heteroatoms. The average Bonchev–Trinajstić information content (AvgIpc) is 3.49. The van der Waals surface area contributed by atoms with Crippen LogP contribution in [-0.2, 0) is 19.5 Å². The molecule has 0 aliphatic rings. The molecule has 0 bridgehead atoms. The van der Waals surface area contributed by atoms with Gasteiger partial charge in [0.25, 0.3) is 0 Å². The molecule has 0 saturated carbocycles. The van der Waals surface area contributed by atoms with Crippen molar-refractivity contribution >= 4 is 33.7 Å². The Morgan fingerprint density at radius 2 is 0.897 bits per heavy atom. The normalized spacial score (nSPS) is 10.5.